The number of nitrogens with one attached hydrogen (secondary N) is 1. The zero-order valence-electron chi connectivity index (χ0n) is 13.0. The van der Waals surface area contributed by atoms with Crippen molar-refractivity contribution in [2.75, 3.05) is 0 Å². The lowest BCUT2D eigenvalue weighted by molar-refractivity contribution is -0.138. The van der Waals surface area contributed by atoms with Crippen molar-refractivity contribution < 1.29 is 14.7 Å². The Hall–Kier alpha value is -3.12. The van der Waals surface area contributed by atoms with E-state index < -0.39 is 12.0 Å². The normalized spacial score (nSPS) is 11.4. The molecule has 3 rings (SSSR count). The summed E-state index contributed by atoms with van der Waals surface area (Å²) in [5, 5.41) is 9.75. The molecule has 0 radical (unpaired) electrons. The van der Waals surface area contributed by atoms with Crippen LogP contribution in [0.15, 0.2) is 60.8 Å². The summed E-state index contributed by atoms with van der Waals surface area (Å²) < 4.78 is 0. The zero-order valence-corrected chi connectivity index (χ0v) is 13.0. The first-order valence-corrected chi connectivity index (χ1v) is 7.37. The van der Waals surface area contributed by atoms with Gasteiger partial charge in [0.15, 0.2) is 0 Å². The quantitative estimate of drug-likeness (QED) is 0.585. The van der Waals surface area contributed by atoms with Crippen LogP contribution in [0.5, 0.6) is 0 Å². The Morgan fingerprint density at radius 1 is 1.04 bits per heavy atom. The molecule has 1 aromatic heterocycles. The number of carbonyl (C=O) groups is 2. The number of aromatic nitrogens is 1. The van der Waals surface area contributed by atoms with Gasteiger partial charge in [-0.1, -0.05) is 36.4 Å². The molecule has 2 aromatic carbocycles. The van der Waals surface area contributed by atoms with Crippen molar-refractivity contribution in [2.45, 2.75) is 12.5 Å². The van der Waals surface area contributed by atoms with Gasteiger partial charge in [0.05, 0.1) is 0 Å². The Bertz CT molecular complexity index is 828. The zero-order chi connectivity index (χ0) is 17.5. The van der Waals surface area contributed by atoms with Crippen LogP contribution in [-0.4, -0.2) is 28.0 Å². The second kappa shape index (κ2) is 7.94. The number of carboxylic acids is 1. The Morgan fingerprint density at radius 3 is 2.25 bits per heavy atom. The number of nitrogens with two attached hydrogens (primary N) is 2. The number of aromatic amines is 1. The second-order valence-corrected chi connectivity index (χ2v) is 5.24. The molecule has 6 nitrogen and oxygen atoms in total. The Labute approximate surface area is 139 Å². The van der Waals surface area contributed by atoms with Crippen molar-refractivity contribution in [3.05, 3.63) is 71.9 Å². The molecule has 0 aliphatic heterocycles. The van der Waals surface area contributed by atoms with E-state index in [0.717, 1.165) is 16.5 Å². The van der Waals surface area contributed by atoms with E-state index in [0.29, 0.717) is 12.0 Å². The number of fused-ring (bicyclic) bond motifs is 1. The highest BCUT2D eigenvalue weighted by Gasteiger charge is 2.14. The van der Waals surface area contributed by atoms with E-state index in [9.17, 15) is 9.59 Å². The van der Waals surface area contributed by atoms with Crippen molar-refractivity contribution >= 4 is 22.8 Å². The fourth-order valence-electron chi connectivity index (χ4n) is 2.23. The number of carbonyl (C=O) groups excluding carboxylic acids is 1. The van der Waals surface area contributed by atoms with Gasteiger partial charge in [-0.2, -0.15) is 0 Å². The minimum Gasteiger partial charge on any atom is -0.480 e. The third kappa shape index (κ3) is 4.44. The molecule has 24 heavy (non-hydrogen) atoms. The molecule has 0 spiro atoms. The van der Waals surface area contributed by atoms with E-state index in [1.54, 1.807) is 24.3 Å². The molecule has 3 aromatic rings. The average molecular weight is 325 g/mol. The summed E-state index contributed by atoms with van der Waals surface area (Å²) in [6, 6.07) is 15.7. The number of benzene rings is 2. The molecule has 0 bridgehead atoms. The first-order valence-electron chi connectivity index (χ1n) is 7.37. The smallest absolute Gasteiger partial charge is 0.320 e. The van der Waals surface area contributed by atoms with Gasteiger partial charge in [0.25, 0.3) is 0 Å². The topological polar surface area (TPSA) is 122 Å². The van der Waals surface area contributed by atoms with Gasteiger partial charge in [0.1, 0.15) is 6.04 Å². The fourth-order valence-corrected chi connectivity index (χ4v) is 2.23. The average Bonchev–Trinajstić information content (AvgIpc) is 2.99. The van der Waals surface area contributed by atoms with E-state index in [4.69, 9.17) is 16.6 Å². The lowest BCUT2D eigenvalue weighted by atomic mass is 10.1. The highest BCUT2D eigenvalue weighted by Crippen LogP contribution is 2.18. The van der Waals surface area contributed by atoms with E-state index in [-0.39, 0.29) is 5.91 Å². The number of amides is 1. The summed E-state index contributed by atoms with van der Waals surface area (Å²) >= 11 is 0. The predicted octanol–water partition coefficient (Wildman–Crippen LogP) is 1.91. The summed E-state index contributed by atoms with van der Waals surface area (Å²) in [5.41, 5.74) is 13.0. The van der Waals surface area contributed by atoms with Gasteiger partial charge in [0, 0.05) is 29.1 Å². The number of aliphatic carboxylic acids is 1. The minimum atomic E-state index is -0.972. The number of hydrogen-bond acceptors (Lipinski definition) is 3. The third-order valence-corrected chi connectivity index (χ3v) is 3.49. The number of H-pyrrole nitrogens is 1. The standard InChI is InChI=1S/C11H12N2O2.C7H7NO/c12-9(11(14)15)5-7-6-13-10-4-2-1-3-8(7)10;8-7(9)6-4-2-1-3-5-6/h1-4,6,9,13H,5,12H2,(H,14,15);1-5H,(H2,8,9). The van der Waals surface area contributed by atoms with Gasteiger partial charge in [-0.15, -0.1) is 0 Å². The number of primary amides is 1. The Morgan fingerprint density at radius 2 is 1.67 bits per heavy atom. The molecule has 124 valence electrons. The van der Waals surface area contributed by atoms with E-state index in [2.05, 4.69) is 4.98 Å². The maximum Gasteiger partial charge on any atom is 0.320 e. The molecule has 0 fully saturated rings. The van der Waals surface area contributed by atoms with Crippen LogP contribution in [0.2, 0.25) is 0 Å². The molecule has 1 atom stereocenters. The van der Waals surface area contributed by atoms with Crippen LogP contribution >= 0.6 is 0 Å². The van der Waals surface area contributed by atoms with Gasteiger partial charge in [0.2, 0.25) is 5.91 Å². The van der Waals surface area contributed by atoms with Crippen LogP contribution in [0.1, 0.15) is 15.9 Å². The minimum absolute atomic E-state index is 0.347. The molecule has 0 aliphatic carbocycles. The summed E-state index contributed by atoms with van der Waals surface area (Å²) in [6.07, 6.45) is 2.16. The Balaban J connectivity index is 0.000000198. The highest BCUT2D eigenvalue weighted by atomic mass is 16.4. The number of para-hydroxylation sites is 1. The third-order valence-electron chi connectivity index (χ3n) is 3.49. The number of hydrogen-bond donors (Lipinski definition) is 4. The van der Waals surface area contributed by atoms with Crippen molar-refractivity contribution in [1.29, 1.82) is 0 Å². The van der Waals surface area contributed by atoms with Gasteiger partial charge < -0.3 is 21.6 Å². The van der Waals surface area contributed by atoms with Crippen LogP contribution in [0.3, 0.4) is 0 Å². The van der Waals surface area contributed by atoms with Crippen molar-refractivity contribution in [1.82, 2.24) is 4.98 Å². The van der Waals surface area contributed by atoms with Crippen LogP contribution in [0.25, 0.3) is 10.9 Å². The largest absolute Gasteiger partial charge is 0.480 e. The number of rotatable bonds is 4. The molecule has 0 aliphatic rings. The molecule has 1 heterocycles. The van der Waals surface area contributed by atoms with Gasteiger partial charge >= 0.3 is 5.97 Å². The molecule has 6 heteroatoms. The van der Waals surface area contributed by atoms with Crippen molar-refractivity contribution in [3.63, 3.8) is 0 Å². The van der Waals surface area contributed by atoms with Crippen LogP contribution in [0.4, 0.5) is 0 Å². The lowest BCUT2D eigenvalue weighted by Crippen LogP contribution is -2.32. The molecule has 0 saturated heterocycles. The molecular weight excluding hydrogens is 306 g/mol. The summed E-state index contributed by atoms with van der Waals surface area (Å²) in [5.74, 6) is -1.35. The first kappa shape index (κ1) is 17.2. The summed E-state index contributed by atoms with van der Waals surface area (Å²) in [6.45, 7) is 0. The SMILES string of the molecule is NC(=O)c1ccccc1.NC(Cc1c[nH]c2ccccc12)C(=O)O. The first-order chi connectivity index (χ1) is 11.5. The molecule has 1 unspecified atom stereocenters. The number of carboxylic acid groups (broad SMARTS) is 1. The maximum absolute atomic E-state index is 10.6. The molecule has 6 N–H and O–H groups in total. The van der Waals surface area contributed by atoms with Crippen LogP contribution in [0, 0.1) is 0 Å². The molecule has 0 saturated carbocycles. The van der Waals surface area contributed by atoms with Crippen LogP contribution < -0.4 is 11.5 Å². The van der Waals surface area contributed by atoms with E-state index in [1.165, 1.54) is 0 Å². The summed E-state index contributed by atoms with van der Waals surface area (Å²) in [4.78, 5) is 24.1. The van der Waals surface area contributed by atoms with E-state index in [1.807, 2.05) is 36.5 Å². The summed E-state index contributed by atoms with van der Waals surface area (Å²) in [7, 11) is 0. The monoisotopic (exact) mass is 325 g/mol. The van der Waals surface area contributed by atoms with E-state index >= 15 is 0 Å². The molecular formula is C18H19N3O3. The van der Waals surface area contributed by atoms with Gasteiger partial charge in [-0.3, -0.25) is 9.59 Å². The van der Waals surface area contributed by atoms with Gasteiger partial charge in [-0.25, -0.2) is 0 Å². The van der Waals surface area contributed by atoms with Crippen molar-refractivity contribution in [3.8, 4) is 0 Å². The van der Waals surface area contributed by atoms with Gasteiger partial charge in [-0.05, 0) is 23.8 Å². The molecule has 1 amide bonds. The Kier molecular flexibility index (Phi) is 5.70. The fraction of sp³-hybridized carbons (Fsp3) is 0.111. The second-order valence-electron chi connectivity index (χ2n) is 5.24. The highest BCUT2D eigenvalue weighted by molar-refractivity contribution is 5.92. The lowest BCUT2D eigenvalue weighted by Gasteiger charge is -2.04. The predicted molar refractivity (Wildman–Crippen MR) is 92.6 cm³/mol. The van der Waals surface area contributed by atoms with Crippen LogP contribution in [-0.2, 0) is 11.2 Å². The maximum atomic E-state index is 10.6. The van der Waals surface area contributed by atoms with Crippen molar-refractivity contribution in [2.24, 2.45) is 11.5 Å².